The summed E-state index contributed by atoms with van der Waals surface area (Å²) in [5.74, 6) is -2.52. The van der Waals surface area contributed by atoms with Crippen molar-refractivity contribution in [2.75, 3.05) is 0 Å². The van der Waals surface area contributed by atoms with Crippen LogP contribution in [0.2, 0.25) is 0 Å². The summed E-state index contributed by atoms with van der Waals surface area (Å²) in [6.45, 7) is 3.00. The second-order valence-corrected chi connectivity index (χ2v) is 3.55. The summed E-state index contributed by atoms with van der Waals surface area (Å²) in [5.41, 5.74) is 0. The first-order valence-corrected chi connectivity index (χ1v) is 4.96. The van der Waals surface area contributed by atoms with Gasteiger partial charge in [-0.3, -0.25) is 4.79 Å². The molecular weight excluding hydrogens is 193 g/mol. The van der Waals surface area contributed by atoms with Gasteiger partial charge in [0.05, 0.1) is 0 Å². The van der Waals surface area contributed by atoms with E-state index in [0.717, 1.165) is 26.2 Å². The number of carbonyl (C=O) groups is 1. The van der Waals surface area contributed by atoms with Crippen LogP contribution < -0.4 is 0 Å². The first kappa shape index (κ1) is 13.5. The fraction of sp³-hybridized carbons (Fsp3) is 0.900. The molecule has 0 radical (unpaired) electrons. The van der Waals surface area contributed by atoms with Gasteiger partial charge in [0.25, 0.3) is 0 Å². The molecule has 0 bridgehead atoms. The fourth-order valence-corrected chi connectivity index (χ4v) is 1.37. The van der Waals surface area contributed by atoms with E-state index in [2.05, 4.69) is 0 Å². The van der Waals surface area contributed by atoms with Gasteiger partial charge in [0, 0.05) is 0 Å². The molecule has 0 N–H and O–H groups in total. The minimum atomic E-state index is -4.36. The number of hydrogen-bond acceptors (Lipinski definition) is 1. The molecule has 0 heterocycles. The van der Waals surface area contributed by atoms with Gasteiger partial charge in [-0.15, -0.1) is 0 Å². The van der Waals surface area contributed by atoms with Gasteiger partial charge in [-0.05, 0) is 13.3 Å². The Morgan fingerprint density at radius 2 is 1.79 bits per heavy atom. The van der Waals surface area contributed by atoms with Crippen molar-refractivity contribution in [2.24, 2.45) is 5.92 Å². The third kappa shape index (κ3) is 5.25. The maximum Gasteiger partial charge on any atom is 0.398 e. The molecule has 0 fully saturated rings. The largest absolute Gasteiger partial charge is 0.398 e. The molecule has 0 saturated carbocycles. The van der Waals surface area contributed by atoms with E-state index in [0.29, 0.717) is 6.42 Å². The van der Waals surface area contributed by atoms with Crippen LogP contribution in [0.5, 0.6) is 0 Å². The predicted octanol–water partition coefficient (Wildman–Crippen LogP) is 3.72. The number of ketones is 1. The van der Waals surface area contributed by atoms with Crippen LogP contribution >= 0.6 is 0 Å². The molecule has 1 nitrogen and oxygen atoms in total. The summed E-state index contributed by atoms with van der Waals surface area (Å²) >= 11 is 0. The van der Waals surface area contributed by atoms with Gasteiger partial charge < -0.3 is 0 Å². The minimum Gasteiger partial charge on any atom is -0.299 e. The minimum absolute atomic E-state index is 0.0567. The monoisotopic (exact) mass is 210 g/mol. The SMILES string of the molecule is CCCCCCC(C(C)=O)C(F)(F)F. The molecule has 0 aromatic heterocycles. The molecule has 0 saturated heterocycles. The summed E-state index contributed by atoms with van der Waals surface area (Å²) in [7, 11) is 0. The van der Waals surface area contributed by atoms with E-state index in [1.807, 2.05) is 6.92 Å². The summed E-state index contributed by atoms with van der Waals surface area (Å²) in [5, 5.41) is 0. The summed E-state index contributed by atoms with van der Waals surface area (Å²) in [4.78, 5) is 10.7. The van der Waals surface area contributed by atoms with Gasteiger partial charge in [-0.1, -0.05) is 32.6 Å². The van der Waals surface area contributed by atoms with Crippen LogP contribution in [0, 0.1) is 5.92 Å². The van der Waals surface area contributed by atoms with Gasteiger partial charge in [0.2, 0.25) is 0 Å². The Morgan fingerprint density at radius 3 is 2.14 bits per heavy atom. The van der Waals surface area contributed by atoms with Crippen molar-refractivity contribution in [1.82, 2.24) is 0 Å². The zero-order valence-corrected chi connectivity index (χ0v) is 8.66. The van der Waals surface area contributed by atoms with Crippen molar-refractivity contribution < 1.29 is 18.0 Å². The molecule has 84 valence electrons. The smallest absolute Gasteiger partial charge is 0.299 e. The summed E-state index contributed by atoms with van der Waals surface area (Å²) in [6, 6.07) is 0. The lowest BCUT2D eigenvalue weighted by atomic mass is 9.97. The molecule has 0 amide bonds. The Balaban J connectivity index is 3.94. The maximum absolute atomic E-state index is 12.3. The van der Waals surface area contributed by atoms with Crippen molar-refractivity contribution in [3.63, 3.8) is 0 Å². The molecular formula is C10H17F3O. The van der Waals surface area contributed by atoms with Gasteiger partial charge in [-0.25, -0.2) is 0 Å². The molecule has 14 heavy (non-hydrogen) atoms. The topological polar surface area (TPSA) is 17.1 Å². The van der Waals surface area contributed by atoms with E-state index in [1.54, 1.807) is 0 Å². The first-order valence-electron chi connectivity index (χ1n) is 4.96. The number of rotatable bonds is 6. The Hall–Kier alpha value is -0.540. The van der Waals surface area contributed by atoms with Crippen LogP contribution in [0.1, 0.15) is 46.0 Å². The molecule has 0 aliphatic rings. The Morgan fingerprint density at radius 1 is 1.21 bits per heavy atom. The molecule has 0 aromatic rings. The highest BCUT2D eigenvalue weighted by Crippen LogP contribution is 2.31. The van der Waals surface area contributed by atoms with Gasteiger partial charge in [0.1, 0.15) is 11.7 Å². The van der Waals surface area contributed by atoms with Crippen molar-refractivity contribution >= 4 is 5.78 Å². The molecule has 0 spiro atoms. The second kappa shape index (κ2) is 6.04. The molecule has 0 aliphatic heterocycles. The quantitative estimate of drug-likeness (QED) is 0.610. The van der Waals surface area contributed by atoms with Gasteiger partial charge >= 0.3 is 6.18 Å². The third-order valence-corrected chi connectivity index (χ3v) is 2.23. The number of Topliss-reactive ketones (excluding diaryl/α,β-unsaturated/α-hetero) is 1. The van der Waals surface area contributed by atoms with E-state index >= 15 is 0 Å². The molecule has 1 unspecified atom stereocenters. The van der Waals surface area contributed by atoms with Crippen LogP contribution in [-0.2, 0) is 4.79 Å². The van der Waals surface area contributed by atoms with Crippen molar-refractivity contribution in [2.45, 2.75) is 52.1 Å². The highest BCUT2D eigenvalue weighted by molar-refractivity contribution is 5.79. The van der Waals surface area contributed by atoms with Crippen LogP contribution in [0.4, 0.5) is 13.2 Å². The van der Waals surface area contributed by atoms with Crippen molar-refractivity contribution in [3.8, 4) is 0 Å². The zero-order valence-electron chi connectivity index (χ0n) is 8.66. The molecule has 4 heteroatoms. The number of halogens is 3. The fourth-order valence-electron chi connectivity index (χ4n) is 1.37. The molecule has 0 aromatic carbocycles. The lowest BCUT2D eigenvalue weighted by molar-refractivity contribution is -0.181. The normalized spacial score (nSPS) is 14.1. The van der Waals surface area contributed by atoms with Crippen LogP contribution in [0.3, 0.4) is 0 Å². The van der Waals surface area contributed by atoms with E-state index in [-0.39, 0.29) is 6.42 Å². The average Bonchev–Trinajstić information content (AvgIpc) is 2.01. The van der Waals surface area contributed by atoms with E-state index in [1.165, 1.54) is 0 Å². The Kier molecular flexibility index (Phi) is 5.81. The summed E-state index contributed by atoms with van der Waals surface area (Å²) in [6.07, 6.45) is -1.25. The zero-order chi connectivity index (χ0) is 11.2. The number of carbonyl (C=O) groups excluding carboxylic acids is 1. The van der Waals surface area contributed by atoms with Crippen molar-refractivity contribution in [3.05, 3.63) is 0 Å². The van der Waals surface area contributed by atoms with E-state index in [9.17, 15) is 18.0 Å². The standard InChI is InChI=1S/C10H17F3O/c1-3-4-5-6-7-9(8(2)14)10(11,12)13/h9H,3-7H2,1-2H3. The third-order valence-electron chi connectivity index (χ3n) is 2.23. The second-order valence-electron chi connectivity index (χ2n) is 3.55. The molecule has 1 atom stereocenters. The van der Waals surface area contributed by atoms with Crippen LogP contribution in [0.15, 0.2) is 0 Å². The highest BCUT2D eigenvalue weighted by atomic mass is 19.4. The van der Waals surface area contributed by atoms with Crippen LogP contribution in [-0.4, -0.2) is 12.0 Å². The van der Waals surface area contributed by atoms with Crippen molar-refractivity contribution in [1.29, 1.82) is 0 Å². The number of hydrogen-bond donors (Lipinski definition) is 0. The van der Waals surface area contributed by atoms with E-state index < -0.39 is 17.9 Å². The predicted molar refractivity (Wildman–Crippen MR) is 49.0 cm³/mol. The molecule has 0 rings (SSSR count). The highest BCUT2D eigenvalue weighted by Gasteiger charge is 2.41. The van der Waals surface area contributed by atoms with E-state index in [4.69, 9.17) is 0 Å². The van der Waals surface area contributed by atoms with Crippen LogP contribution in [0.25, 0.3) is 0 Å². The summed E-state index contributed by atoms with van der Waals surface area (Å²) < 4.78 is 36.8. The first-order chi connectivity index (χ1) is 6.39. The van der Waals surface area contributed by atoms with Gasteiger partial charge in [-0.2, -0.15) is 13.2 Å². The Bertz CT molecular complexity index is 175. The van der Waals surface area contributed by atoms with Gasteiger partial charge in [0.15, 0.2) is 0 Å². The lowest BCUT2D eigenvalue weighted by Gasteiger charge is -2.16. The Labute approximate surface area is 82.7 Å². The molecule has 0 aliphatic carbocycles. The number of alkyl halides is 3. The lowest BCUT2D eigenvalue weighted by Crippen LogP contribution is -2.29. The maximum atomic E-state index is 12.3. The number of unbranched alkanes of at least 4 members (excludes halogenated alkanes) is 3. The average molecular weight is 210 g/mol.